The average molecular weight is 1050 g/mol. The van der Waals surface area contributed by atoms with Crippen molar-refractivity contribution in [2.75, 3.05) is 172 Å². The Bertz CT molecular complexity index is 1970. The fourth-order valence-electron chi connectivity index (χ4n) is 5.82. The monoisotopic (exact) mass is 1050 g/mol. The van der Waals surface area contributed by atoms with E-state index in [0.29, 0.717) is 131 Å². The largest absolute Gasteiger partial charge is 0.447 e. The molecule has 0 aromatic carbocycles. The van der Waals surface area contributed by atoms with Crippen LogP contribution < -0.4 is 16.4 Å². The van der Waals surface area contributed by atoms with E-state index >= 15 is 0 Å². The Morgan fingerprint density at radius 1 is 0.681 bits per heavy atom. The SMILES string of the molecule is CCCN(OCCNC(=O)OCCOCCOCCOCCOCCOCCOCCOCCOCCOCCOCCNC(=O)CN1C(=O)C=CC1=O)C(=O)C1=Cc2cnc(S(=O)(=O)O)cc2N=C(N)C1. The summed E-state index contributed by atoms with van der Waals surface area (Å²) in [5, 5.41) is 5.66. The van der Waals surface area contributed by atoms with Crippen LogP contribution in [0.25, 0.3) is 6.08 Å². The van der Waals surface area contributed by atoms with Crippen LogP contribution in [0.1, 0.15) is 25.3 Å². The van der Waals surface area contributed by atoms with Gasteiger partial charge in [0, 0.05) is 61.6 Å². The minimum atomic E-state index is -4.57. The van der Waals surface area contributed by atoms with Gasteiger partial charge in [-0.05, 0) is 12.5 Å². The molecule has 0 radical (unpaired) electrons. The lowest BCUT2D eigenvalue weighted by Crippen LogP contribution is -2.41. The molecule has 2 aliphatic rings. The van der Waals surface area contributed by atoms with Crippen molar-refractivity contribution in [3.8, 4) is 0 Å². The molecule has 0 unspecified atom stereocenters. The van der Waals surface area contributed by atoms with Crippen molar-refractivity contribution in [1.82, 2.24) is 25.6 Å². The molecule has 2 aliphatic heterocycles. The number of aromatic nitrogens is 1. The molecular formula is C44H69N7O20S. The maximum atomic E-state index is 13.3. The van der Waals surface area contributed by atoms with Crippen molar-refractivity contribution in [3.05, 3.63) is 35.6 Å². The van der Waals surface area contributed by atoms with Gasteiger partial charge >= 0.3 is 16.2 Å². The number of amides is 5. The molecule has 0 saturated carbocycles. The molecule has 0 aliphatic carbocycles. The molecule has 72 heavy (non-hydrogen) atoms. The zero-order valence-corrected chi connectivity index (χ0v) is 41.5. The number of rotatable bonds is 43. The van der Waals surface area contributed by atoms with Gasteiger partial charge in [-0.15, -0.1) is 0 Å². The third-order valence-electron chi connectivity index (χ3n) is 9.24. The fraction of sp³-hybridized carbons (Fsp3) is 0.659. The minimum Gasteiger partial charge on any atom is -0.447 e. The van der Waals surface area contributed by atoms with Gasteiger partial charge < -0.3 is 68.5 Å². The Balaban J connectivity index is 0.991. The van der Waals surface area contributed by atoms with Crippen molar-refractivity contribution < 1.29 is 93.9 Å². The van der Waals surface area contributed by atoms with E-state index in [2.05, 4.69) is 20.6 Å². The molecule has 0 saturated heterocycles. The summed E-state index contributed by atoms with van der Waals surface area (Å²) in [5.74, 6) is -1.91. The van der Waals surface area contributed by atoms with E-state index < -0.39 is 44.9 Å². The van der Waals surface area contributed by atoms with E-state index in [4.69, 9.17) is 62.7 Å². The molecule has 0 spiro atoms. The number of nitrogens with two attached hydrogens (primary N) is 1. The Hall–Kier alpha value is -5.08. The summed E-state index contributed by atoms with van der Waals surface area (Å²) in [6.07, 6.45) is 4.72. The predicted molar refractivity (Wildman–Crippen MR) is 252 cm³/mol. The number of aliphatic imine (C=N–C) groups is 1. The fourth-order valence-corrected chi connectivity index (χ4v) is 6.27. The summed E-state index contributed by atoms with van der Waals surface area (Å²) in [6, 6.07) is 1.06. The Kier molecular flexibility index (Phi) is 32.0. The van der Waals surface area contributed by atoms with Gasteiger partial charge in [0.05, 0.1) is 144 Å². The Morgan fingerprint density at radius 3 is 1.58 bits per heavy atom. The quantitative estimate of drug-likeness (QED) is 0.0269. The Labute approximate surface area is 418 Å². The number of hydrogen-bond donors (Lipinski definition) is 4. The summed E-state index contributed by atoms with van der Waals surface area (Å²) in [7, 11) is -4.57. The topological polar surface area (TPSA) is 332 Å². The number of alkyl carbamates (subject to hydrolysis) is 1. The first-order chi connectivity index (χ1) is 34.9. The van der Waals surface area contributed by atoms with Crippen LogP contribution >= 0.6 is 0 Å². The molecule has 28 heteroatoms. The molecule has 1 aromatic heterocycles. The smallest absolute Gasteiger partial charge is 0.407 e. The van der Waals surface area contributed by atoms with Crippen LogP contribution in [0.15, 0.2) is 40.0 Å². The number of carbonyl (C=O) groups is 5. The van der Waals surface area contributed by atoms with Crippen molar-refractivity contribution in [2.24, 2.45) is 10.7 Å². The Morgan fingerprint density at radius 2 is 1.12 bits per heavy atom. The molecule has 0 bridgehead atoms. The number of hydrogen-bond acceptors (Lipinski definition) is 22. The standard InChI is InChI=1S/C44H69N7O20S/c1-2-7-51(43(55)35-30-36-33-48-40(72(57,58)59)32-37(36)49-38(45)31-35)71-9-6-47-44(56)70-29-28-69-27-26-68-25-24-67-23-22-66-21-20-65-19-18-64-17-16-63-15-14-62-13-12-61-11-10-60-8-5-46-39(52)34-50-41(53)3-4-42(50)54/h3-4,30,32-33H,2,5-29,31,34H2,1H3,(H2,45,49)(H,46,52)(H,47,56)(H,57,58,59). The van der Waals surface area contributed by atoms with Crippen molar-refractivity contribution in [1.29, 1.82) is 0 Å². The van der Waals surface area contributed by atoms with Crippen LogP contribution in [0.2, 0.25) is 0 Å². The number of nitrogens with one attached hydrogen (secondary N) is 2. The first-order valence-electron chi connectivity index (χ1n) is 23.3. The molecule has 3 heterocycles. The molecule has 3 rings (SSSR count). The molecule has 0 fully saturated rings. The van der Waals surface area contributed by atoms with Gasteiger partial charge in [-0.3, -0.25) is 33.5 Å². The van der Waals surface area contributed by atoms with Gasteiger partial charge in [0.2, 0.25) is 5.91 Å². The van der Waals surface area contributed by atoms with E-state index in [1.165, 1.54) is 12.3 Å². The normalized spacial score (nSPS) is 13.4. The highest BCUT2D eigenvalue weighted by molar-refractivity contribution is 7.85. The van der Waals surface area contributed by atoms with Crippen molar-refractivity contribution in [2.45, 2.75) is 24.8 Å². The third kappa shape index (κ3) is 27.7. The number of imide groups is 1. The zero-order valence-electron chi connectivity index (χ0n) is 40.7. The third-order valence-corrected chi connectivity index (χ3v) is 9.99. The number of ether oxygens (including phenoxy) is 11. The molecule has 5 N–H and O–H groups in total. The summed E-state index contributed by atoms with van der Waals surface area (Å²) < 4.78 is 91.9. The lowest BCUT2D eigenvalue weighted by Gasteiger charge is -2.22. The molecule has 5 amide bonds. The first-order valence-corrected chi connectivity index (χ1v) is 24.8. The van der Waals surface area contributed by atoms with Crippen LogP contribution in [0.3, 0.4) is 0 Å². The molecule has 0 atom stereocenters. The van der Waals surface area contributed by atoms with Crippen LogP contribution in [0.4, 0.5) is 10.5 Å². The van der Waals surface area contributed by atoms with Gasteiger partial charge in [0.1, 0.15) is 19.0 Å². The minimum absolute atomic E-state index is 0.00850. The second kappa shape index (κ2) is 37.6. The van der Waals surface area contributed by atoms with Gasteiger partial charge in [-0.25, -0.2) is 19.8 Å². The van der Waals surface area contributed by atoms with Gasteiger partial charge in [-0.2, -0.15) is 8.42 Å². The van der Waals surface area contributed by atoms with E-state index in [0.717, 1.165) is 28.2 Å². The lowest BCUT2D eigenvalue weighted by atomic mass is 10.1. The molecule has 406 valence electrons. The zero-order chi connectivity index (χ0) is 52.1. The van der Waals surface area contributed by atoms with Crippen LogP contribution in [-0.4, -0.2) is 235 Å². The van der Waals surface area contributed by atoms with E-state index in [-0.39, 0.29) is 76.1 Å². The number of amidine groups is 1. The maximum Gasteiger partial charge on any atom is 0.407 e. The number of pyridine rings is 1. The number of hydroxylamine groups is 2. The summed E-state index contributed by atoms with van der Waals surface area (Å²) in [4.78, 5) is 74.5. The van der Waals surface area contributed by atoms with Crippen LogP contribution in [0, 0.1) is 0 Å². The van der Waals surface area contributed by atoms with Crippen molar-refractivity contribution in [3.63, 3.8) is 0 Å². The van der Waals surface area contributed by atoms with Gasteiger partial charge in [0.25, 0.3) is 17.7 Å². The number of nitrogens with zero attached hydrogens (tertiary/aromatic N) is 4. The van der Waals surface area contributed by atoms with E-state index in [1.54, 1.807) is 0 Å². The summed E-state index contributed by atoms with van der Waals surface area (Å²) >= 11 is 0. The highest BCUT2D eigenvalue weighted by Crippen LogP contribution is 2.28. The second-order valence-corrected chi connectivity index (χ2v) is 16.2. The maximum absolute atomic E-state index is 13.3. The number of fused-ring (bicyclic) bond motifs is 1. The second-order valence-electron chi connectivity index (χ2n) is 14.9. The lowest BCUT2D eigenvalue weighted by molar-refractivity contribution is -0.181. The number of carbonyl (C=O) groups excluding carboxylic acids is 5. The molecule has 27 nitrogen and oxygen atoms in total. The van der Waals surface area contributed by atoms with Crippen LogP contribution in [0.5, 0.6) is 0 Å². The van der Waals surface area contributed by atoms with E-state index in [9.17, 15) is 36.9 Å². The van der Waals surface area contributed by atoms with Gasteiger partial charge in [0.15, 0.2) is 5.03 Å². The van der Waals surface area contributed by atoms with Crippen molar-refractivity contribution >= 4 is 57.4 Å². The predicted octanol–water partition coefficient (Wildman–Crippen LogP) is -0.792. The average Bonchev–Trinajstić information content (AvgIpc) is 3.55. The summed E-state index contributed by atoms with van der Waals surface area (Å²) in [6.45, 7) is 9.58. The highest BCUT2D eigenvalue weighted by atomic mass is 32.2. The molecular weight excluding hydrogens is 979 g/mol. The molecule has 1 aromatic rings. The van der Waals surface area contributed by atoms with Crippen LogP contribution in [-0.2, 0) is 86.2 Å². The summed E-state index contributed by atoms with van der Waals surface area (Å²) in [5.41, 5.74) is 6.65. The first kappa shape index (κ1) is 61.2. The van der Waals surface area contributed by atoms with Gasteiger partial charge in [-0.1, -0.05) is 6.92 Å². The highest BCUT2D eigenvalue weighted by Gasteiger charge is 2.26. The van der Waals surface area contributed by atoms with E-state index in [1.807, 2.05) is 6.92 Å².